The fourth-order valence-electron chi connectivity index (χ4n) is 2.94. The van der Waals surface area contributed by atoms with E-state index in [1.165, 1.54) is 5.57 Å². The molecule has 5 nitrogen and oxygen atoms in total. The van der Waals surface area contributed by atoms with E-state index in [9.17, 15) is 4.57 Å². The Labute approximate surface area is 150 Å². The van der Waals surface area contributed by atoms with E-state index >= 15 is 0 Å². The molecule has 0 aliphatic carbocycles. The lowest BCUT2D eigenvalue weighted by molar-refractivity contribution is 0.199. The van der Waals surface area contributed by atoms with Crippen LogP contribution in [0.15, 0.2) is 29.8 Å². The SMILES string of the molecule is CC(C)OC(=C(C(C)C)C(C)C)c1cccc(OP2(=O)OCCO2)c1. The van der Waals surface area contributed by atoms with Gasteiger partial charge >= 0.3 is 7.82 Å². The highest BCUT2D eigenvalue weighted by Gasteiger charge is 2.34. The van der Waals surface area contributed by atoms with Crippen molar-refractivity contribution in [3.63, 3.8) is 0 Å². The summed E-state index contributed by atoms with van der Waals surface area (Å²) in [7, 11) is -3.49. The van der Waals surface area contributed by atoms with Gasteiger partial charge in [-0.2, -0.15) is 0 Å². The highest BCUT2D eigenvalue weighted by molar-refractivity contribution is 7.49. The van der Waals surface area contributed by atoms with Gasteiger partial charge in [-0.1, -0.05) is 39.8 Å². The summed E-state index contributed by atoms with van der Waals surface area (Å²) in [6.07, 6.45) is 0.0481. The van der Waals surface area contributed by atoms with E-state index in [2.05, 4.69) is 27.7 Å². The lowest BCUT2D eigenvalue weighted by Crippen LogP contribution is -2.11. The van der Waals surface area contributed by atoms with Crippen LogP contribution in [-0.4, -0.2) is 19.3 Å². The van der Waals surface area contributed by atoms with Crippen LogP contribution in [0.2, 0.25) is 0 Å². The Morgan fingerprint density at radius 2 is 1.64 bits per heavy atom. The van der Waals surface area contributed by atoms with Gasteiger partial charge in [-0.05, 0) is 43.4 Å². The number of allylic oxidation sites excluding steroid dienone is 1. The topological polar surface area (TPSA) is 54.0 Å². The van der Waals surface area contributed by atoms with Crippen molar-refractivity contribution in [1.29, 1.82) is 0 Å². The van der Waals surface area contributed by atoms with Gasteiger partial charge < -0.3 is 9.26 Å². The third kappa shape index (κ3) is 5.34. The zero-order valence-corrected chi connectivity index (χ0v) is 16.8. The molecule has 0 bridgehead atoms. The predicted octanol–water partition coefficient (Wildman–Crippen LogP) is 5.67. The number of hydrogen-bond acceptors (Lipinski definition) is 5. The van der Waals surface area contributed by atoms with Crippen LogP contribution in [0.25, 0.3) is 5.76 Å². The smallest absolute Gasteiger partial charge is 0.490 e. The lowest BCUT2D eigenvalue weighted by atomic mass is 9.89. The van der Waals surface area contributed by atoms with Crippen LogP contribution in [0, 0.1) is 11.8 Å². The molecule has 0 atom stereocenters. The highest BCUT2D eigenvalue weighted by Crippen LogP contribution is 2.52. The Balaban J connectivity index is 2.42. The van der Waals surface area contributed by atoms with Gasteiger partial charge in [0.2, 0.25) is 0 Å². The molecule has 1 aliphatic heterocycles. The molecule has 1 aromatic rings. The number of phosphoric ester groups is 1. The largest absolute Gasteiger partial charge is 0.530 e. The molecule has 0 saturated carbocycles. The third-order valence-electron chi connectivity index (χ3n) is 3.76. The molecular formula is C19H29O5P. The molecule has 6 heteroatoms. The number of hydrogen-bond donors (Lipinski definition) is 0. The lowest BCUT2D eigenvalue weighted by Gasteiger charge is -2.24. The summed E-state index contributed by atoms with van der Waals surface area (Å²) >= 11 is 0. The number of rotatable bonds is 7. The van der Waals surface area contributed by atoms with Gasteiger partial charge in [0, 0.05) is 5.56 Å². The summed E-state index contributed by atoms with van der Waals surface area (Å²) in [5.41, 5.74) is 2.14. The summed E-state index contributed by atoms with van der Waals surface area (Å²) in [4.78, 5) is 0. The zero-order chi connectivity index (χ0) is 18.6. The minimum Gasteiger partial charge on any atom is -0.490 e. The van der Waals surface area contributed by atoms with Crippen molar-refractivity contribution >= 4 is 13.6 Å². The maximum atomic E-state index is 12.3. The van der Waals surface area contributed by atoms with Gasteiger partial charge in [0.15, 0.2) is 0 Å². The van der Waals surface area contributed by atoms with E-state index in [1.807, 2.05) is 32.0 Å². The zero-order valence-electron chi connectivity index (χ0n) is 15.9. The monoisotopic (exact) mass is 368 g/mol. The molecule has 1 heterocycles. The minimum atomic E-state index is -3.49. The van der Waals surface area contributed by atoms with Gasteiger partial charge in [0.25, 0.3) is 0 Å². The standard InChI is InChI=1S/C19H29O5P/c1-13(2)18(14(3)4)19(23-15(5)6)16-8-7-9-17(12-16)24-25(20)21-10-11-22-25/h7-9,12-15H,10-11H2,1-6H3. The molecule has 0 amide bonds. The molecular weight excluding hydrogens is 339 g/mol. The molecule has 0 spiro atoms. The van der Waals surface area contributed by atoms with Crippen molar-refractivity contribution < 1.29 is 22.9 Å². The van der Waals surface area contributed by atoms with Crippen LogP contribution in [0.5, 0.6) is 5.75 Å². The maximum Gasteiger partial charge on any atom is 0.530 e. The number of ether oxygens (including phenoxy) is 1. The first-order chi connectivity index (χ1) is 11.7. The fraction of sp³-hybridized carbons (Fsp3) is 0.579. The summed E-state index contributed by atoms with van der Waals surface area (Å²) < 4.78 is 34.1. The molecule has 0 unspecified atom stereocenters. The van der Waals surface area contributed by atoms with Crippen molar-refractivity contribution in [2.75, 3.05) is 13.2 Å². The first-order valence-electron chi connectivity index (χ1n) is 8.81. The quantitative estimate of drug-likeness (QED) is 0.458. The van der Waals surface area contributed by atoms with E-state index in [-0.39, 0.29) is 19.3 Å². The normalized spacial score (nSPS) is 16.5. The van der Waals surface area contributed by atoms with Crippen LogP contribution < -0.4 is 4.52 Å². The fourth-order valence-corrected chi connectivity index (χ4v) is 4.09. The van der Waals surface area contributed by atoms with Gasteiger partial charge in [-0.15, -0.1) is 0 Å². The second kappa shape index (κ2) is 8.39. The van der Waals surface area contributed by atoms with Gasteiger partial charge in [-0.25, -0.2) is 4.57 Å². The van der Waals surface area contributed by atoms with Crippen LogP contribution in [0.3, 0.4) is 0 Å². The third-order valence-corrected chi connectivity index (χ3v) is 5.19. The van der Waals surface area contributed by atoms with Gasteiger partial charge in [-0.3, -0.25) is 9.05 Å². The van der Waals surface area contributed by atoms with Gasteiger partial charge in [0.1, 0.15) is 11.5 Å². The average molecular weight is 368 g/mol. The van der Waals surface area contributed by atoms with Crippen molar-refractivity contribution in [1.82, 2.24) is 0 Å². The number of benzene rings is 1. The molecule has 1 saturated heterocycles. The molecule has 2 rings (SSSR count). The minimum absolute atomic E-state index is 0.0481. The molecule has 25 heavy (non-hydrogen) atoms. The molecule has 0 aromatic heterocycles. The maximum absolute atomic E-state index is 12.3. The van der Waals surface area contributed by atoms with E-state index < -0.39 is 7.82 Å². The summed E-state index contributed by atoms with van der Waals surface area (Å²) in [5.74, 6) is 1.99. The van der Waals surface area contributed by atoms with Crippen LogP contribution >= 0.6 is 7.82 Å². The predicted molar refractivity (Wildman–Crippen MR) is 99.4 cm³/mol. The van der Waals surface area contributed by atoms with E-state index in [4.69, 9.17) is 18.3 Å². The summed E-state index contributed by atoms with van der Waals surface area (Å²) in [6.45, 7) is 13.2. The molecule has 0 N–H and O–H groups in total. The summed E-state index contributed by atoms with van der Waals surface area (Å²) in [5, 5.41) is 0. The van der Waals surface area contributed by atoms with Crippen molar-refractivity contribution in [3.05, 3.63) is 35.4 Å². The first kappa shape index (κ1) is 20.0. The number of phosphoric acid groups is 1. The van der Waals surface area contributed by atoms with Crippen LogP contribution in [0.1, 0.15) is 47.1 Å². The van der Waals surface area contributed by atoms with E-state index in [1.54, 1.807) is 6.07 Å². The molecule has 1 aromatic carbocycles. The molecule has 140 valence electrons. The Bertz CT molecular complexity index is 644. The van der Waals surface area contributed by atoms with Crippen molar-refractivity contribution in [2.45, 2.75) is 47.6 Å². The van der Waals surface area contributed by atoms with Crippen molar-refractivity contribution in [3.8, 4) is 5.75 Å². The van der Waals surface area contributed by atoms with Gasteiger partial charge in [0.05, 0.1) is 19.3 Å². The van der Waals surface area contributed by atoms with Crippen molar-refractivity contribution in [2.24, 2.45) is 11.8 Å². The first-order valence-corrected chi connectivity index (χ1v) is 10.3. The second-order valence-electron chi connectivity index (χ2n) is 6.99. The highest BCUT2D eigenvalue weighted by atomic mass is 31.2. The Kier molecular flexibility index (Phi) is 6.72. The molecule has 0 radical (unpaired) electrons. The Morgan fingerprint density at radius 1 is 1.04 bits per heavy atom. The van der Waals surface area contributed by atoms with E-state index in [0.717, 1.165) is 11.3 Å². The summed E-state index contributed by atoms with van der Waals surface area (Å²) in [6, 6.07) is 7.40. The molecule has 1 fully saturated rings. The van der Waals surface area contributed by atoms with E-state index in [0.29, 0.717) is 17.6 Å². The second-order valence-corrected chi connectivity index (χ2v) is 8.59. The average Bonchev–Trinajstić information content (AvgIpc) is 2.92. The Morgan fingerprint density at radius 3 is 2.16 bits per heavy atom. The molecule has 1 aliphatic rings. The Hall–Kier alpha value is -1.29. The van der Waals surface area contributed by atoms with Crippen LogP contribution in [0.4, 0.5) is 0 Å². The van der Waals surface area contributed by atoms with Crippen LogP contribution in [-0.2, 0) is 18.3 Å².